The summed E-state index contributed by atoms with van der Waals surface area (Å²) in [5.41, 5.74) is -1.76. The first kappa shape index (κ1) is 19.4. The van der Waals surface area contributed by atoms with E-state index >= 15 is 0 Å². The highest BCUT2D eigenvalue weighted by Crippen LogP contribution is 2.32. The van der Waals surface area contributed by atoms with Crippen LogP contribution in [0.25, 0.3) is 0 Å². The molecule has 1 rings (SSSR count). The minimum atomic E-state index is -1.00. The Labute approximate surface area is 143 Å². The van der Waals surface area contributed by atoms with Crippen LogP contribution in [-0.2, 0) is 9.47 Å². The number of halogens is 2. The SMILES string of the molecule is CC(C)(C)OC(=O)Oc1c(Br)cc(F)cc1C(=O)OC(C)(C)C. The number of hydrogen-bond acceptors (Lipinski definition) is 5. The predicted molar refractivity (Wildman–Crippen MR) is 86.1 cm³/mol. The second-order valence-corrected chi connectivity index (χ2v) is 7.69. The molecule has 0 aromatic heterocycles. The summed E-state index contributed by atoms with van der Waals surface area (Å²) in [6, 6.07) is 2.02. The molecule has 23 heavy (non-hydrogen) atoms. The van der Waals surface area contributed by atoms with Crippen molar-refractivity contribution in [3.05, 3.63) is 28.0 Å². The van der Waals surface area contributed by atoms with Gasteiger partial charge in [0.1, 0.15) is 22.6 Å². The van der Waals surface area contributed by atoms with Crippen LogP contribution in [0.15, 0.2) is 16.6 Å². The van der Waals surface area contributed by atoms with Gasteiger partial charge in [-0.25, -0.2) is 14.0 Å². The van der Waals surface area contributed by atoms with E-state index in [4.69, 9.17) is 14.2 Å². The molecule has 0 amide bonds. The monoisotopic (exact) mass is 390 g/mol. The van der Waals surface area contributed by atoms with Crippen LogP contribution in [0.2, 0.25) is 0 Å². The van der Waals surface area contributed by atoms with Gasteiger partial charge in [0.2, 0.25) is 0 Å². The Morgan fingerprint density at radius 1 is 1.00 bits per heavy atom. The highest BCUT2D eigenvalue weighted by atomic mass is 79.9. The van der Waals surface area contributed by atoms with Gasteiger partial charge in [0.15, 0.2) is 5.75 Å². The summed E-state index contributed by atoms with van der Waals surface area (Å²) < 4.78 is 29.0. The molecule has 0 heterocycles. The van der Waals surface area contributed by atoms with E-state index in [2.05, 4.69) is 15.9 Å². The van der Waals surface area contributed by atoms with Crippen LogP contribution in [0.4, 0.5) is 9.18 Å². The lowest BCUT2D eigenvalue weighted by Crippen LogP contribution is -2.27. The van der Waals surface area contributed by atoms with Crippen LogP contribution in [0.3, 0.4) is 0 Å². The fourth-order valence-corrected chi connectivity index (χ4v) is 2.02. The molecule has 0 aliphatic heterocycles. The average Bonchev–Trinajstić information content (AvgIpc) is 2.27. The fraction of sp³-hybridized carbons (Fsp3) is 0.500. The molecule has 7 heteroatoms. The molecule has 0 saturated heterocycles. The minimum absolute atomic E-state index is 0.101. The standard InChI is InChI=1S/C16H20BrFO5/c1-15(2,3)22-13(19)10-7-9(18)8-11(17)12(10)21-14(20)23-16(4,5)6/h7-8H,1-6H3. The van der Waals surface area contributed by atoms with Gasteiger partial charge in [-0.2, -0.15) is 0 Å². The van der Waals surface area contributed by atoms with Crippen molar-refractivity contribution in [2.24, 2.45) is 0 Å². The maximum absolute atomic E-state index is 13.6. The number of esters is 1. The fourth-order valence-electron chi connectivity index (χ4n) is 1.50. The van der Waals surface area contributed by atoms with E-state index in [1.807, 2.05) is 0 Å². The van der Waals surface area contributed by atoms with E-state index in [1.54, 1.807) is 41.5 Å². The lowest BCUT2D eigenvalue weighted by atomic mass is 10.1. The van der Waals surface area contributed by atoms with Gasteiger partial charge >= 0.3 is 12.1 Å². The van der Waals surface area contributed by atoms with Gasteiger partial charge in [-0.3, -0.25) is 0 Å². The van der Waals surface area contributed by atoms with Gasteiger partial charge in [0.05, 0.1) is 4.47 Å². The van der Waals surface area contributed by atoms with Gasteiger partial charge in [0.25, 0.3) is 0 Å². The van der Waals surface area contributed by atoms with Crippen LogP contribution >= 0.6 is 15.9 Å². The van der Waals surface area contributed by atoms with Gasteiger partial charge in [-0.15, -0.1) is 0 Å². The zero-order valence-corrected chi connectivity index (χ0v) is 15.5. The topological polar surface area (TPSA) is 61.8 Å². The Morgan fingerprint density at radius 3 is 2.00 bits per heavy atom. The highest BCUT2D eigenvalue weighted by Gasteiger charge is 2.27. The molecular formula is C16H20BrFO5. The number of carbonyl (C=O) groups excluding carboxylic acids is 2. The molecule has 5 nitrogen and oxygen atoms in total. The van der Waals surface area contributed by atoms with E-state index in [0.717, 1.165) is 12.1 Å². The van der Waals surface area contributed by atoms with Crippen LogP contribution in [-0.4, -0.2) is 23.3 Å². The molecule has 0 atom stereocenters. The molecule has 1 aromatic rings. The first-order chi connectivity index (χ1) is 10.3. The maximum Gasteiger partial charge on any atom is 0.514 e. The number of hydrogen-bond donors (Lipinski definition) is 0. The summed E-state index contributed by atoms with van der Waals surface area (Å²) in [4.78, 5) is 24.0. The average molecular weight is 391 g/mol. The van der Waals surface area contributed by atoms with Gasteiger partial charge in [-0.1, -0.05) is 0 Å². The number of rotatable bonds is 2. The van der Waals surface area contributed by atoms with Crippen molar-refractivity contribution in [1.82, 2.24) is 0 Å². The Bertz CT molecular complexity index is 614. The van der Waals surface area contributed by atoms with Gasteiger partial charge in [-0.05, 0) is 69.6 Å². The molecule has 0 fully saturated rings. The normalized spacial score (nSPS) is 11.8. The number of carbonyl (C=O) groups is 2. The summed E-state index contributed by atoms with van der Waals surface area (Å²) in [5, 5.41) is 0. The van der Waals surface area contributed by atoms with Crippen LogP contribution in [0.1, 0.15) is 51.9 Å². The molecule has 0 aliphatic rings. The van der Waals surface area contributed by atoms with Crippen LogP contribution in [0.5, 0.6) is 5.75 Å². The van der Waals surface area contributed by atoms with E-state index in [0.29, 0.717) is 0 Å². The first-order valence-electron chi connectivity index (χ1n) is 6.92. The smallest absolute Gasteiger partial charge is 0.456 e. The molecule has 0 radical (unpaired) electrons. The Morgan fingerprint density at radius 2 is 1.52 bits per heavy atom. The van der Waals surface area contributed by atoms with Crippen molar-refractivity contribution < 1.29 is 28.2 Å². The molecule has 0 unspecified atom stereocenters. The van der Waals surface area contributed by atoms with Crippen molar-refractivity contribution in [3.63, 3.8) is 0 Å². The van der Waals surface area contributed by atoms with Gasteiger partial charge in [0, 0.05) is 0 Å². The molecule has 0 saturated carbocycles. The van der Waals surface area contributed by atoms with E-state index < -0.39 is 29.1 Å². The third-order valence-corrected chi connectivity index (χ3v) is 2.79. The zero-order valence-electron chi connectivity index (χ0n) is 14.0. The molecule has 128 valence electrons. The molecule has 0 N–H and O–H groups in total. The van der Waals surface area contributed by atoms with E-state index in [-0.39, 0.29) is 15.8 Å². The molecule has 0 bridgehead atoms. The molecule has 0 spiro atoms. The van der Waals surface area contributed by atoms with Crippen molar-refractivity contribution >= 4 is 28.1 Å². The highest BCUT2D eigenvalue weighted by molar-refractivity contribution is 9.10. The summed E-state index contributed by atoms with van der Waals surface area (Å²) in [6.07, 6.45) is -1.00. The first-order valence-corrected chi connectivity index (χ1v) is 7.71. The molecule has 1 aromatic carbocycles. The Balaban J connectivity index is 3.16. The van der Waals surface area contributed by atoms with Crippen molar-refractivity contribution in [2.75, 3.05) is 0 Å². The van der Waals surface area contributed by atoms with E-state index in [1.165, 1.54) is 0 Å². The zero-order chi connectivity index (χ0) is 18.0. The largest absolute Gasteiger partial charge is 0.514 e. The lowest BCUT2D eigenvalue weighted by molar-refractivity contribution is 0.00600. The minimum Gasteiger partial charge on any atom is -0.456 e. The third-order valence-electron chi connectivity index (χ3n) is 2.20. The summed E-state index contributed by atoms with van der Waals surface area (Å²) in [7, 11) is 0. The van der Waals surface area contributed by atoms with Crippen molar-refractivity contribution in [1.29, 1.82) is 0 Å². The van der Waals surface area contributed by atoms with Gasteiger partial charge < -0.3 is 14.2 Å². The van der Waals surface area contributed by atoms with Crippen molar-refractivity contribution in [2.45, 2.75) is 52.7 Å². The van der Waals surface area contributed by atoms with Crippen LogP contribution in [0, 0.1) is 5.82 Å². The summed E-state index contributed by atoms with van der Waals surface area (Å²) in [6.45, 7) is 10.0. The van der Waals surface area contributed by atoms with Crippen LogP contribution < -0.4 is 4.74 Å². The Kier molecular flexibility index (Phi) is 5.79. The van der Waals surface area contributed by atoms with E-state index in [9.17, 15) is 14.0 Å². The Hall–Kier alpha value is -1.63. The molecule has 0 aliphatic carbocycles. The third kappa shape index (κ3) is 6.56. The maximum atomic E-state index is 13.6. The van der Waals surface area contributed by atoms with Crippen molar-refractivity contribution in [3.8, 4) is 5.75 Å². The number of benzene rings is 1. The number of ether oxygens (including phenoxy) is 3. The quantitative estimate of drug-likeness (QED) is 0.532. The predicted octanol–water partition coefficient (Wildman–Crippen LogP) is 4.86. The summed E-state index contributed by atoms with van der Waals surface area (Å²) in [5.74, 6) is -1.64. The summed E-state index contributed by atoms with van der Waals surface area (Å²) >= 11 is 3.07. The second kappa shape index (κ2) is 6.86. The molecular weight excluding hydrogens is 371 g/mol. The lowest BCUT2D eigenvalue weighted by Gasteiger charge is -2.22. The second-order valence-electron chi connectivity index (χ2n) is 6.83.